The number of carbonyl (C=O) groups is 3. The molecular weight excluding hydrogens is 204 g/mol. The first-order valence-corrected chi connectivity index (χ1v) is 4.07. The molecular formula is C8H12N2O5. The van der Waals surface area contributed by atoms with Crippen molar-refractivity contribution < 1.29 is 24.6 Å². The number of carbonyl (C=O) groups excluding carboxylic acids is 1. The Morgan fingerprint density at radius 2 is 1.93 bits per heavy atom. The lowest BCUT2D eigenvalue weighted by molar-refractivity contribution is -0.145. The van der Waals surface area contributed by atoms with E-state index in [4.69, 9.17) is 10.2 Å². The van der Waals surface area contributed by atoms with Crippen LogP contribution in [-0.2, 0) is 9.59 Å². The van der Waals surface area contributed by atoms with Crippen LogP contribution in [0.4, 0.5) is 4.79 Å². The van der Waals surface area contributed by atoms with Gasteiger partial charge in [0.15, 0.2) is 0 Å². The van der Waals surface area contributed by atoms with Crippen LogP contribution in [0.3, 0.4) is 0 Å². The molecule has 2 amide bonds. The maximum Gasteiger partial charge on any atom is 0.326 e. The van der Waals surface area contributed by atoms with Gasteiger partial charge in [-0.15, -0.1) is 6.58 Å². The van der Waals surface area contributed by atoms with Gasteiger partial charge in [0.1, 0.15) is 6.04 Å². The predicted molar refractivity (Wildman–Crippen MR) is 50.4 cm³/mol. The summed E-state index contributed by atoms with van der Waals surface area (Å²) in [7, 11) is 0. The Morgan fingerprint density at radius 3 is 2.33 bits per heavy atom. The molecule has 0 rings (SSSR count). The highest BCUT2D eigenvalue weighted by molar-refractivity contribution is 5.86. The van der Waals surface area contributed by atoms with E-state index in [1.165, 1.54) is 6.08 Å². The van der Waals surface area contributed by atoms with Gasteiger partial charge in [-0.05, 0) is 0 Å². The second-order valence-corrected chi connectivity index (χ2v) is 2.63. The standard InChI is InChI=1S/C8H12N2O5/c1-2-3-9-8(15)10-5(7(13)14)4-6(11)12/h2,5H,1,3-4H2,(H,11,12)(H,13,14)(H2,9,10,15)/t5-/m1/s1. The van der Waals surface area contributed by atoms with E-state index in [9.17, 15) is 14.4 Å². The number of amides is 2. The molecule has 7 nitrogen and oxygen atoms in total. The molecule has 0 aliphatic heterocycles. The van der Waals surface area contributed by atoms with E-state index in [1.54, 1.807) is 0 Å². The van der Waals surface area contributed by atoms with E-state index in [0.717, 1.165) is 0 Å². The van der Waals surface area contributed by atoms with Gasteiger partial charge in [-0.25, -0.2) is 9.59 Å². The van der Waals surface area contributed by atoms with E-state index in [-0.39, 0.29) is 6.54 Å². The normalized spacial score (nSPS) is 11.2. The summed E-state index contributed by atoms with van der Waals surface area (Å²) in [4.78, 5) is 31.7. The van der Waals surface area contributed by atoms with Crippen molar-refractivity contribution in [1.82, 2.24) is 10.6 Å². The summed E-state index contributed by atoms with van der Waals surface area (Å²) >= 11 is 0. The maximum atomic E-state index is 11.0. The molecule has 15 heavy (non-hydrogen) atoms. The summed E-state index contributed by atoms with van der Waals surface area (Å²) in [6, 6.07) is -2.18. The fraction of sp³-hybridized carbons (Fsp3) is 0.375. The van der Waals surface area contributed by atoms with Crippen LogP contribution in [0.1, 0.15) is 6.42 Å². The number of carboxylic acids is 2. The van der Waals surface area contributed by atoms with Gasteiger partial charge in [0.05, 0.1) is 6.42 Å². The number of rotatable bonds is 6. The van der Waals surface area contributed by atoms with Crippen LogP contribution < -0.4 is 10.6 Å². The monoisotopic (exact) mass is 216 g/mol. The van der Waals surface area contributed by atoms with Crippen molar-refractivity contribution in [3.63, 3.8) is 0 Å². The number of carboxylic acid groups (broad SMARTS) is 2. The Morgan fingerprint density at radius 1 is 1.33 bits per heavy atom. The third-order valence-corrected chi connectivity index (χ3v) is 1.39. The molecule has 0 aromatic heterocycles. The summed E-state index contributed by atoms with van der Waals surface area (Å²) in [5, 5.41) is 21.2. The summed E-state index contributed by atoms with van der Waals surface area (Å²) in [6.07, 6.45) is 0.739. The van der Waals surface area contributed by atoms with Gasteiger partial charge in [0.25, 0.3) is 0 Å². The van der Waals surface area contributed by atoms with Crippen molar-refractivity contribution in [2.45, 2.75) is 12.5 Å². The van der Waals surface area contributed by atoms with Crippen LogP contribution in [0.2, 0.25) is 0 Å². The lowest BCUT2D eigenvalue weighted by atomic mass is 10.2. The molecule has 7 heteroatoms. The van der Waals surface area contributed by atoms with E-state index in [0.29, 0.717) is 0 Å². The highest BCUT2D eigenvalue weighted by atomic mass is 16.4. The minimum absolute atomic E-state index is 0.172. The van der Waals surface area contributed by atoms with Gasteiger partial charge in [-0.3, -0.25) is 4.79 Å². The van der Waals surface area contributed by atoms with Crippen molar-refractivity contribution in [2.75, 3.05) is 6.54 Å². The Labute approximate surface area is 85.8 Å². The van der Waals surface area contributed by atoms with Crippen molar-refractivity contribution in [3.8, 4) is 0 Å². The van der Waals surface area contributed by atoms with Crippen molar-refractivity contribution >= 4 is 18.0 Å². The molecule has 0 spiro atoms. The first-order chi connectivity index (χ1) is 6.97. The Kier molecular flexibility index (Phi) is 5.53. The smallest absolute Gasteiger partial charge is 0.326 e. The predicted octanol–water partition coefficient (Wildman–Crippen LogP) is -0.600. The molecule has 0 saturated heterocycles. The molecule has 1 atom stereocenters. The Balaban J connectivity index is 4.16. The van der Waals surface area contributed by atoms with Crippen LogP contribution in [0.25, 0.3) is 0 Å². The van der Waals surface area contributed by atoms with Crippen molar-refractivity contribution in [3.05, 3.63) is 12.7 Å². The first-order valence-electron chi connectivity index (χ1n) is 4.07. The van der Waals surface area contributed by atoms with Gasteiger partial charge in [0, 0.05) is 6.54 Å². The van der Waals surface area contributed by atoms with Crippen LogP contribution in [0.15, 0.2) is 12.7 Å². The van der Waals surface area contributed by atoms with Crippen LogP contribution >= 0.6 is 0 Å². The molecule has 0 heterocycles. The lowest BCUT2D eigenvalue weighted by Gasteiger charge is -2.12. The second kappa shape index (κ2) is 6.41. The minimum atomic E-state index is -1.44. The van der Waals surface area contributed by atoms with Gasteiger partial charge in [-0.2, -0.15) is 0 Å². The maximum absolute atomic E-state index is 11.0. The van der Waals surface area contributed by atoms with E-state index < -0.39 is 30.4 Å². The van der Waals surface area contributed by atoms with Crippen molar-refractivity contribution in [2.24, 2.45) is 0 Å². The average Bonchev–Trinajstić information content (AvgIpc) is 2.12. The molecule has 0 bridgehead atoms. The summed E-state index contributed by atoms with van der Waals surface area (Å²) in [5.41, 5.74) is 0. The van der Waals surface area contributed by atoms with E-state index in [1.807, 2.05) is 5.32 Å². The van der Waals surface area contributed by atoms with Crippen LogP contribution in [0, 0.1) is 0 Å². The van der Waals surface area contributed by atoms with Crippen molar-refractivity contribution in [1.29, 1.82) is 0 Å². The zero-order valence-corrected chi connectivity index (χ0v) is 7.90. The SMILES string of the molecule is C=CCNC(=O)N[C@H](CC(=O)O)C(=O)O. The number of nitrogens with one attached hydrogen (secondary N) is 2. The first kappa shape index (κ1) is 12.9. The highest BCUT2D eigenvalue weighted by Crippen LogP contribution is 1.92. The molecule has 0 aromatic carbocycles. The molecule has 0 fully saturated rings. The quantitative estimate of drug-likeness (QED) is 0.442. The van der Waals surface area contributed by atoms with Gasteiger partial charge < -0.3 is 20.8 Å². The average molecular weight is 216 g/mol. The van der Waals surface area contributed by atoms with Gasteiger partial charge >= 0.3 is 18.0 Å². The molecule has 0 saturated carbocycles. The highest BCUT2D eigenvalue weighted by Gasteiger charge is 2.22. The summed E-state index contributed by atoms with van der Waals surface area (Å²) < 4.78 is 0. The zero-order chi connectivity index (χ0) is 11.8. The van der Waals surface area contributed by atoms with Crippen LogP contribution in [-0.4, -0.2) is 40.8 Å². The van der Waals surface area contributed by atoms with E-state index >= 15 is 0 Å². The van der Waals surface area contributed by atoms with Crippen LogP contribution in [0.5, 0.6) is 0 Å². The number of hydrogen-bond donors (Lipinski definition) is 4. The zero-order valence-electron chi connectivity index (χ0n) is 7.90. The number of aliphatic carboxylic acids is 2. The fourth-order valence-corrected chi connectivity index (χ4v) is 0.749. The minimum Gasteiger partial charge on any atom is -0.481 e. The number of hydrogen-bond acceptors (Lipinski definition) is 3. The van der Waals surface area contributed by atoms with Gasteiger partial charge in [-0.1, -0.05) is 6.08 Å². The summed E-state index contributed by atoms with van der Waals surface area (Å²) in [5.74, 6) is -2.70. The molecule has 0 unspecified atom stereocenters. The molecule has 0 aromatic rings. The third kappa shape index (κ3) is 6.08. The largest absolute Gasteiger partial charge is 0.481 e. The van der Waals surface area contributed by atoms with Gasteiger partial charge in [0.2, 0.25) is 0 Å². The molecule has 0 radical (unpaired) electrons. The third-order valence-electron chi connectivity index (χ3n) is 1.39. The molecule has 0 aliphatic rings. The fourth-order valence-electron chi connectivity index (χ4n) is 0.749. The number of urea groups is 1. The Hall–Kier alpha value is -2.05. The molecule has 84 valence electrons. The second-order valence-electron chi connectivity index (χ2n) is 2.63. The molecule has 0 aliphatic carbocycles. The Bertz CT molecular complexity index is 276. The van der Waals surface area contributed by atoms with E-state index in [2.05, 4.69) is 11.9 Å². The molecule has 4 N–H and O–H groups in total. The topological polar surface area (TPSA) is 116 Å². The lowest BCUT2D eigenvalue weighted by Crippen LogP contribution is -2.46. The summed E-state index contributed by atoms with van der Waals surface area (Å²) in [6.45, 7) is 3.51.